The van der Waals surface area contributed by atoms with Gasteiger partial charge in [0.15, 0.2) is 0 Å². The number of anilines is 1. The second-order valence-electron chi connectivity index (χ2n) is 5.20. The molecule has 2 aromatic rings. The fraction of sp³-hybridized carbons (Fsp3) is 0.278. The zero-order valence-corrected chi connectivity index (χ0v) is 14.2. The van der Waals surface area contributed by atoms with Gasteiger partial charge < -0.3 is 10.1 Å². The van der Waals surface area contributed by atoms with Crippen molar-refractivity contribution in [1.29, 1.82) is 0 Å². The average Bonchev–Trinajstić information content (AvgIpc) is 2.51. The van der Waals surface area contributed by atoms with E-state index in [0.29, 0.717) is 11.4 Å². The van der Waals surface area contributed by atoms with Gasteiger partial charge in [-0.1, -0.05) is 18.2 Å². The topological polar surface area (TPSA) is 38.3 Å². The lowest BCUT2D eigenvalue weighted by Gasteiger charge is -2.14. The molecule has 1 N–H and O–H groups in total. The summed E-state index contributed by atoms with van der Waals surface area (Å²) >= 11 is 1.55. The van der Waals surface area contributed by atoms with Crippen molar-refractivity contribution in [1.82, 2.24) is 0 Å². The summed E-state index contributed by atoms with van der Waals surface area (Å²) in [6.45, 7) is 6.07. The summed E-state index contributed by atoms with van der Waals surface area (Å²) in [7, 11) is 1.60. The molecule has 1 atom stereocenters. The second-order valence-corrected chi connectivity index (χ2v) is 6.61. The Balaban J connectivity index is 2.04. The summed E-state index contributed by atoms with van der Waals surface area (Å²) in [4.78, 5) is 13.5. The lowest BCUT2D eigenvalue weighted by atomic mass is 10.1. The Kier molecular flexibility index (Phi) is 5.50. The number of amides is 1. The summed E-state index contributed by atoms with van der Waals surface area (Å²) in [6, 6.07) is 13.7. The van der Waals surface area contributed by atoms with Gasteiger partial charge in [-0.2, -0.15) is 0 Å². The highest BCUT2D eigenvalue weighted by atomic mass is 32.2. The van der Waals surface area contributed by atoms with Crippen LogP contribution >= 0.6 is 11.8 Å². The summed E-state index contributed by atoms with van der Waals surface area (Å²) in [6.07, 6.45) is 0. The summed E-state index contributed by atoms with van der Waals surface area (Å²) in [5.41, 5.74) is 3.19. The maximum Gasteiger partial charge on any atom is 0.237 e. The van der Waals surface area contributed by atoms with E-state index in [1.807, 2.05) is 31.2 Å². The number of para-hydroxylation sites is 2. The van der Waals surface area contributed by atoms with E-state index >= 15 is 0 Å². The number of methoxy groups -OCH3 is 1. The number of carbonyl (C=O) groups excluding carboxylic acids is 1. The maximum absolute atomic E-state index is 12.3. The fourth-order valence-electron chi connectivity index (χ4n) is 2.03. The molecular weight excluding hydrogens is 294 g/mol. The molecule has 3 nitrogen and oxygen atoms in total. The molecule has 2 aromatic carbocycles. The number of carbonyl (C=O) groups is 1. The van der Waals surface area contributed by atoms with Crippen molar-refractivity contribution in [2.45, 2.75) is 30.9 Å². The molecule has 0 fully saturated rings. The molecule has 0 radical (unpaired) electrons. The highest BCUT2D eigenvalue weighted by Gasteiger charge is 2.16. The molecule has 0 aliphatic carbocycles. The van der Waals surface area contributed by atoms with Crippen LogP contribution in [0.4, 0.5) is 5.69 Å². The van der Waals surface area contributed by atoms with Gasteiger partial charge in [0.25, 0.3) is 0 Å². The van der Waals surface area contributed by atoms with E-state index in [4.69, 9.17) is 4.74 Å². The summed E-state index contributed by atoms with van der Waals surface area (Å²) in [5, 5.41) is 2.73. The van der Waals surface area contributed by atoms with Crippen molar-refractivity contribution in [3.63, 3.8) is 0 Å². The lowest BCUT2D eigenvalue weighted by molar-refractivity contribution is -0.115. The molecule has 4 heteroatoms. The van der Waals surface area contributed by atoms with Gasteiger partial charge in [0, 0.05) is 4.90 Å². The van der Waals surface area contributed by atoms with Gasteiger partial charge >= 0.3 is 0 Å². The Morgan fingerprint density at radius 1 is 1.14 bits per heavy atom. The van der Waals surface area contributed by atoms with Crippen molar-refractivity contribution in [3.8, 4) is 5.75 Å². The largest absolute Gasteiger partial charge is 0.495 e. The molecule has 0 heterocycles. The van der Waals surface area contributed by atoms with E-state index in [2.05, 4.69) is 37.4 Å². The Hall–Kier alpha value is -1.94. The van der Waals surface area contributed by atoms with Crippen molar-refractivity contribution in [2.75, 3.05) is 12.4 Å². The van der Waals surface area contributed by atoms with Crippen LogP contribution < -0.4 is 10.1 Å². The van der Waals surface area contributed by atoms with Gasteiger partial charge in [0.05, 0.1) is 18.0 Å². The molecule has 1 amide bonds. The van der Waals surface area contributed by atoms with Crippen LogP contribution in [0.5, 0.6) is 5.75 Å². The first-order valence-electron chi connectivity index (χ1n) is 7.19. The highest BCUT2D eigenvalue weighted by Crippen LogP contribution is 2.28. The Morgan fingerprint density at radius 2 is 1.86 bits per heavy atom. The minimum Gasteiger partial charge on any atom is -0.495 e. The molecule has 0 bridgehead atoms. The zero-order chi connectivity index (χ0) is 16.1. The maximum atomic E-state index is 12.3. The Labute approximate surface area is 136 Å². The first-order valence-corrected chi connectivity index (χ1v) is 8.07. The van der Waals surface area contributed by atoms with Crippen molar-refractivity contribution in [3.05, 3.63) is 53.6 Å². The van der Waals surface area contributed by atoms with Crippen LogP contribution in [-0.2, 0) is 4.79 Å². The number of thioether (sulfide) groups is 1. The van der Waals surface area contributed by atoms with Crippen LogP contribution in [0.25, 0.3) is 0 Å². The Bertz CT molecular complexity index is 670. The van der Waals surface area contributed by atoms with E-state index in [9.17, 15) is 4.79 Å². The number of aryl methyl sites for hydroxylation is 2. The normalized spacial score (nSPS) is 11.8. The number of nitrogens with one attached hydrogen (secondary N) is 1. The van der Waals surface area contributed by atoms with Crippen LogP contribution in [-0.4, -0.2) is 18.3 Å². The van der Waals surface area contributed by atoms with Crippen LogP contribution in [0.1, 0.15) is 18.1 Å². The zero-order valence-electron chi connectivity index (χ0n) is 13.3. The molecular formula is C18H21NO2S. The van der Waals surface area contributed by atoms with Gasteiger partial charge in [-0.3, -0.25) is 4.79 Å². The lowest BCUT2D eigenvalue weighted by Crippen LogP contribution is -2.22. The minimum absolute atomic E-state index is 0.0345. The number of rotatable bonds is 5. The molecule has 0 aromatic heterocycles. The minimum atomic E-state index is -0.188. The number of hydrogen-bond acceptors (Lipinski definition) is 3. The van der Waals surface area contributed by atoms with Gasteiger partial charge in [0.1, 0.15) is 5.75 Å². The molecule has 22 heavy (non-hydrogen) atoms. The van der Waals surface area contributed by atoms with Gasteiger partial charge in [-0.15, -0.1) is 11.8 Å². The summed E-state index contributed by atoms with van der Waals surface area (Å²) < 4.78 is 5.25. The van der Waals surface area contributed by atoms with E-state index in [0.717, 1.165) is 4.90 Å². The smallest absolute Gasteiger partial charge is 0.237 e. The van der Waals surface area contributed by atoms with E-state index in [-0.39, 0.29) is 11.2 Å². The van der Waals surface area contributed by atoms with E-state index < -0.39 is 0 Å². The standard InChI is InChI=1S/C18H21NO2S/c1-12-9-10-15(11-13(12)2)22-14(3)18(20)19-16-7-5-6-8-17(16)21-4/h5-11,14H,1-4H3,(H,19,20)/t14-/m1/s1. The van der Waals surface area contributed by atoms with Gasteiger partial charge in [-0.05, 0) is 56.2 Å². The third-order valence-corrected chi connectivity index (χ3v) is 4.62. The molecule has 0 aliphatic heterocycles. The van der Waals surface area contributed by atoms with Crippen LogP contribution in [0.3, 0.4) is 0 Å². The van der Waals surface area contributed by atoms with Crippen molar-refractivity contribution < 1.29 is 9.53 Å². The van der Waals surface area contributed by atoms with Crippen molar-refractivity contribution in [2.24, 2.45) is 0 Å². The molecule has 0 aliphatic rings. The predicted molar refractivity (Wildman–Crippen MR) is 92.9 cm³/mol. The highest BCUT2D eigenvalue weighted by molar-refractivity contribution is 8.00. The van der Waals surface area contributed by atoms with E-state index in [1.165, 1.54) is 11.1 Å². The average molecular weight is 315 g/mol. The third kappa shape index (κ3) is 4.04. The molecule has 0 saturated heterocycles. The molecule has 116 valence electrons. The molecule has 2 rings (SSSR count). The SMILES string of the molecule is COc1ccccc1NC(=O)[C@@H](C)Sc1ccc(C)c(C)c1. The van der Waals surface area contributed by atoms with E-state index in [1.54, 1.807) is 18.9 Å². The van der Waals surface area contributed by atoms with Crippen molar-refractivity contribution >= 4 is 23.4 Å². The molecule has 0 saturated carbocycles. The van der Waals surface area contributed by atoms with Crippen LogP contribution in [0.2, 0.25) is 0 Å². The first kappa shape index (κ1) is 16.4. The number of hydrogen-bond donors (Lipinski definition) is 1. The van der Waals surface area contributed by atoms with Gasteiger partial charge in [-0.25, -0.2) is 0 Å². The fourth-order valence-corrected chi connectivity index (χ4v) is 2.99. The number of benzene rings is 2. The van der Waals surface area contributed by atoms with Gasteiger partial charge in [0.2, 0.25) is 5.91 Å². The predicted octanol–water partition coefficient (Wildman–Crippen LogP) is 4.43. The summed E-state index contributed by atoms with van der Waals surface area (Å²) in [5.74, 6) is 0.631. The monoisotopic (exact) mass is 315 g/mol. The molecule has 0 unspecified atom stereocenters. The van der Waals surface area contributed by atoms with Crippen LogP contribution in [0.15, 0.2) is 47.4 Å². The third-order valence-electron chi connectivity index (χ3n) is 3.53. The Morgan fingerprint density at radius 3 is 2.55 bits per heavy atom. The first-order chi connectivity index (χ1) is 10.5. The number of ether oxygens (including phenoxy) is 1. The quantitative estimate of drug-likeness (QED) is 0.829. The second kappa shape index (κ2) is 7.36. The molecule has 0 spiro atoms. The van der Waals surface area contributed by atoms with Crippen LogP contribution in [0, 0.1) is 13.8 Å².